The van der Waals surface area contributed by atoms with Gasteiger partial charge in [-0.25, -0.2) is 0 Å². The number of aliphatic carboxylic acids is 1. The molecular weight excluding hydrogens is 254 g/mol. The Labute approximate surface area is 118 Å². The predicted molar refractivity (Wildman–Crippen MR) is 75.8 cm³/mol. The number of nitrogens with zero attached hydrogens (tertiary/aromatic N) is 1. The van der Waals surface area contributed by atoms with E-state index in [2.05, 4.69) is 0 Å². The summed E-state index contributed by atoms with van der Waals surface area (Å²) in [7, 11) is 1.78. The largest absolute Gasteiger partial charge is 0.481 e. The van der Waals surface area contributed by atoms with Crippen molar-refractivity contribution in [3.05, 3.63) is 29.3 Å². The number of fused-ring (bicyclic) bond motifs is 1. The Morgan fingerprint density at radius 3 is 2.70 bits per heavy atom. The monoisotopic (exact) mass is 273 g/mol. The van der Waals surface area contributed by atoms with Crippen LogP contribution >= 0.6 is 0 Å². The molecule has 0 radical (unpaired) electrons. The van der Waals surface area contributed by atoms with Crippen molar-refractivity contribution in [3.63, 3.8) is 0 Å². The van der Waals surface area contributed by atoms with Gasteiger partial charge in [0.15, 0.2) is 0 Å². The van der Waals surface area contributed by atoms with E-state index in [4.69, 9.17) is 0 Å². The zero-order chi connectivity index (χ0) is 14.3. The summed E-state index contributed by atoms with van der Waals surface area (Å²) in [4.78, 5) is 25.0. The molecule has 0 bridgehead atoms. The van der Waals surface area contributed by atoms with E-state index >= 15 is 0 Å². The van der Waals surface area contributed by atoms with Crippen molar-refractivity contribution in [2.45, 2.75) is 38.5 Å². The molecule has 1 N–H and O–H groups in total. The molecule has 1 saturated carbocycles. The molecule has 1 aliphatic heterocycles. The number of hydrogen-bond acceptors (Lipinski definition) is 2. The second-order valence-electron chi connectivity index (χ2n) is 6.06. The molecule has 0 spiro atoms. The van der Waals surface area contributed by atoms with Crippen LogP contribution in [0.4, 0.5) is 5.69 Å². The molecule has 106 valence electrons. The van der Waals surface area contributed by atoms with Gasteiger partial charge >= 0.3 is 5.97 Å². The van der Waals surface area contributed by atoms with Crippen molar-refractivity contribution in [3.8, 4) is 0 Å². The second kappa shape index (κ2) is 4.62. The van der Waals surface area contributed by atoms with Crippen LogP contribution in [-0.2, 0) is 22.4 Å². The fourth-order valence-corrected chi connectivity index (χ4v) is 3.54. The van der Waals surface area contributed by atoms with E-state index in [0.717, 1.165) is 42.5 Å². The second-order valence-corrected chi connectivity index (χ2v) is 6.06. The van der Waals surface area contributed by atoms with Gasteiger partial charge in [0, 0.05) is 12.7 Å². The van der Waals surface area contributed by atoms with Gasteiger partial charge in [-0.15, -0.1) is 0 Å². The third-order valence-corrected chi connectivity index (χ3v) is 4.78. The van der Waals surface area contributed by atoms with Gasteiger partial charge in [-0.2, -0.15) is 0 Å². The number of benzene rings is 1. The highest BCUT2D eigenvalue weighted by Crippen LogP contribution is 2.42. The van der Waals surface area contributed by atoms with Crippen LogP contribution < -0.4 is 4.90 Å². The van der Waals surface area contributed by atoms with Gasteiger partial charge in [-0.3, -0.25) is 9.59 Å². The minimum atomic E-state index is -0.677. The van der Waals surface area contributed by atoms with Crippen LogP contribution in [0, 0.1) is 5.41 Å². The minimum Gasteiger partial charge on any atom is -0.481 e. The number of likely N-dealkylation sites (N-methyl/N-ethyl adjacent to an activating group) is 1. The van der Waals surface area contributed by atoms with Gasteiger partial charge in [-0.1, -0.05) is 25.0 Å². The normalized spacial score (nSPS) is 20.2. The van der Waals surface area contributed by atoms with E-state index < -0.39 is 11.4 Å². The number of hydrogen-bond donors (Lipinski definition) is 1. The molecule has 0 saturated heterocycles. The summed E-state index contributed by atoms with van der Waals surface area (Å²) in [6.07, 6.45) is 4.53. The molecule has 0 aromatic heterocycles. The van der Waals surface area contributed by atoms with Crippen LogP contribution in [-0.4, -0.2) is 24.0 Å². The molecule has 4 nitrogen and oxygen atoms in total. The molecule has 1 aromatic rings. The number of carboxylic acid groups (broad SMARTS) is 1. The maximum absolute atomic E-state index is 11.7. The molecule has 1 fully saturated rings. The molecule has 1 aliphatic carbocycles. The molecule has 1 heterocycles. The van der Waals surface area contributed by atoms with Crippen molar-refractivity contribution in [2.24, 2.45) is 5.41 Å². The highest BCUT2D eigenvalue weighted by molar-refractivity contribution is 6.00. The van der Waals surface area contributed by atoms with Gasteiger partial charge in [0.05, 0.1) is 11.8 Å². The molecule has 2 aliphatic rings. The molecular formula is C16H19NO3. The maximum Gasteiger partial charge on any atom is 0.309 e. The average Bonchev–Trinajstić information content (AvgIpc) is 2.97. The fourth-order valence-electron chi connectivity index (χ4n) is 3.54. The molecule has 3 rings (SSSR count). The Morgan fingerprint density at radius 2 is 2.05 bits per heavy atom. The van der Waals surface area contributed by atoms with Crippen LogP contribution in [0.5, 0.6) is 0 Å². The van der Waals surface area contributed by atoms with Gasteiger partial charge in [-0.05, 0) is 36.5 Å². The van der Waals surface area contributed by atoms with Crippen molar-refractivity contribution in [1.29, 1.82) is 0 Å². The summed E-state index contributed by atoms with van der Waals surface area (Å²) in [5.74, 6) is -0.574. The van der Waals surface area contributed by atoms with Gasteiger partial charge < -0.3 is 10.0 Å². The van der Waals surface area contributed by atoms with E-state index in [0.29, 0.717) is 12.8 Å². The first-order valence-electron chi connectivity index (χ1n) is 7.14. The molecule has 1 amide bonds. The maximum atomic E-state index is 11.7. The first-order chi connectivity index (χ1) is 9.52. The molecule has 20 heavy (non-hydrogen) atoms. The van der Waals surface area contributed by atoms with Gasteiger partial charge in [0.1, 0.15) is 0 Å². The zero-order valence-electron chi connectivity index (χ0n) is 11.7. The molecule has 4 heteroatoms. The lowest BCUT2D eigenvalue weighted by Crippen LogP contribution is -2.30. The third kappa shape index (κ3) is 1.99. The summed E-state index contributed by atoms with van der Waals surface area (Å²) in [6.45, 7) is 0. The quantitative estimate of drug-likeness (QED) is 0.920. The molecule has 1 aromatic carbocycles. The van der Waals surface area contributed by atoms with Crippen LogP contribution in [0.1, 0.15) is 36.8 Å². The number of anilines is 1. The Kier molecular flexibility index (Phi) is 3.04. The number of carbonyl (C=O) groups is 2. The van der Waals surface area contributed by atoms with E-state index in [1.807, 2.05) is 18.2 Å². The molecule has 0 atom stereocenters. The lowest BCUT2D eigenvalue weighted by atomic mass is 9.80. The Morgan fingerprint density at radius 1 is 1.35 bits per heavy atom. The highest BCUT2D eigenvalue weighted by atomic mass is 16.4. The van der Waals surface area contributed by atoms with Crippen LogP contribution in [0.2, 0.25) is 0 Å². The van der Waals surface area contributed by atoms with Crippen molar-refractivity contribution < 1.29 is 14.7 Å². The number of carboxylic acids is 1. The topological polar surface area (TPSA) is 57.6 Å². The van der Waals surface area contributed by atoms with Crippen LogP contribution in [0.25, 0.3) is 0 Å². The summed E-state index contributed by atoms with van der Waals surface area (Å²) < 4.78 is 0. The lowest BCUT2D eigenvalue weighted by Gasteiger charge is -2.24. The van der Waals surface area contributed by atoms with Gasteiger partial charge in [0.2, 0.25) is 5.91 Å². The van der Waals surface area contributed by atoms with Crippen LogP contribution in [0.3, 0.4) is 0 Å². The summed E-state index contributed by atoms with van der Waals surface area (Å²) in [5.41, 5.74) is 2.42. The standard InChI is InChI=1S/C16H19NO3/c1-17-13-5-4-11(8-12(13)9-14(17)18)10-16(15(19)20)6-2-3-7-16/h4-5,8H,2-3,6-7,9-10H2,1H3,(H,19,20). The number of carbonyl (C=O) groups excluding carboxylic acids is 1. The van der Waals surface area contributed by atoms with Gasteiger partial charge in [0.25, 0.3) is 0 Å². The lowest BCUT2D eigenvalue weighted by molar-refractivity contribution is -0.148. The first-order valence-corrected chi connectivity index (χ1v) is 7.14. The van der Waals surface area contributed by atoms with Crippen molar-refractivity contribution >= 4 is 17.6 Å². The number of rotatable bonds is 3. The number of amides is 1. The summed E-state index contributed by atoms with van der Waals surface area (Å²) in [5, 5.41) is 9.54. The van der Waals surface area contributed by atoms with E-state index in [-0.39, 0.29) is 5.91 Å². The van der Waals surface area contributed by atoms with Crippen molar-refractivity contribution in [2.75, 3.05) is 11.9 Å². The summed E-state index contributed by atoms with van der Waals surface area (Å²) in [6, 6.07) is 5.93. The Hall–Kier alpha value is -1.84. The van der Waals surface area contributed by atoms with Crippen molar-refractivity contribution in [1.82, 2.24) is 0 Å². The average molecular weight is 273 g/mol. The predicted octanol–water partition coefficient (Wildman–Crippen LogP) is 2.39. The fraction of sp³-hybridized carbons (Fsp3) is 0.500. The third-order valence-electron chi connectivity index (χ3n) is 4.78. The van der Waals surface area contributed by atoms with E-state index in [1.165, 1.54) is 0 Å². The Balaban J connectivity index is 1.88. The van der Waals surface area contributed by atoms with E-state index in [9.17, 15) is 14.7 Å². The van der Waals surface area contributed by atoms with Crippen LogP contribution in [0.15, 0.2) is 18.2 Å². The smallest absolute Gasteiger partial charge is 0.309 e. The summed E-state index contributed by atoms with van der Waals surface area (Å²) >= 11 is 0. The van der Waals surface area contributed by atoms with E-state index in [1.54, 1.807) is 11.9 Å². The first kappa shape index (κ1) is 13.2. The zero-order valence-corrected chi connectivity index (χ0v) is 11.7. The highest BCUT2D eigenvalue weighted by Gasteiger charge is 2.41. The molecule has 0 unspecified atom stereocenters. The minimum absolute atomic E-state index is 0.103. The SMILES string of the molecule is CN1C(=O)Cc2cc(CC3(C(=O)O)CCCC3)ccc21. The Bertz CT molecular complexity index is 573.